The fourth-order valence-electron chi connectivity index (χ4n) is 2.58. The van der Waals surface area contributed by atoms with Crippen molar-refractivity contribution in [2.75, 3.05) is 0 Å². The highest BCUT2D eigenvalue weighted by atomic mass is 15.2. The molecule has 3 atom stereocenters. The van der Waals surface area contributed by atoms with Gasteiger partial charge in [0.25, 0.3) is 0 Å². The Bertz CT molecular complexity index is 323. The Morgan fingerprint density at radius 3 is 2.56 bits per heavy atom. The molecule has 1 aromatic rings. The van der Waals surface area contributed by atoms with Gasteiger partial charge in [-0.25, -0.2) is 0 Å². The second-order valence-electron chi connectivity index (χ2n) is 4.99. The lowest BCUT2D eigenvalue weighted by molar-refractivity contribution is 0.0795. The van der Waals surface area contributed by atoms with Crippen molar-refractivity contribution >= 4 is 0 Å². The molecule has 0 aromatic heterocycles. The predicted molar refractivity (Wildman–Crippen MR) is 68.1 cm³/mol. The van der Waals surface area contributed by atoms with Crippen LogP contribution in [0.5, 0.6) is 0 Å². The summed E-state index contributed by atoms with van der Waals surface area (Å²) in [6.07, 6.45) is 2.38. The minimum Gasteiger partial charge on any atom is -0.326 e. The Kier molecular flexibility index (Phi) is 3.62. The lowest BCUT2D eigenvalue weighted by Gasteiger charge is -2.42. The summed E-state index contributed by atoms with van der Waals surface area (Å²) in [6.45, 7) is 5.59. The van der Waals surface area contributed by atoms with Crippen LogP contribution in [-0.4, -0.2) is 23.0 Å². The van der Waals surface area contributed by atoms with Gasteiger partial charge in [-0.15, -0.1) is 0 Å². The van der Waals surface area contributed by atoms with Crippen molar-refractivity contribution in [2.24, 2.45) is 5.73 Å². The maximum Gasteiger partial charge on any atom is 0.0240 e. The van der Waals surface area contributed by atoms with Crippen LogP contribution in [0.1, 0.15) is 32.3 Å². The van der Waals surface area contributed by atoms with Crippen molar-refractivity contribution in [3.8, 4) is 0 Å². The first-order valence-corrected chi connectivity index (χ1v) is 6.23. The summed E-state index contributed by atoms with van der Waals surface area (Å²) in [7, 11) is 0. The quantitative estimate of drug-likeness (QED) is 0.826. The summed E-state index contributed by atoms with van der Waals surface area (Å²) in [5.41, 5.74) is 7.53. The van der Waals surface area contributed by atoms with Crippen LogP contribution in [-0.2, 0) is 6.54 Å². The molecule has 1 aromatic carbocycles. The normalized spacial score (nSPS) is 31.6. The van der Waals surface area contributed by atoms with E-state index in [2.05, 4.69) is 49.1 Å². The van der Waals surface area contributed by atoms with Gasteiger partial charge in [-0.05, 0) is 32.3 Å². The summed E-state index contributed by atoms with van der Waals surface area (Å²) in [6, 6.07) is 12.1. The van der Waals surface area contributed by atoms with Gasteiger partial charge in [-0.3, -0.25) is 4.90 Å². The van der Waals surface area contributed by atoms with Gasteiger partial charge in [0.05, 0.1) is 0 Å². The Balaban J connectivity index is 2.07. The van der Waals surface area contributed by atoms with Crippen molar-refractivity contribution in [1.29, 1.82) is 0 Å². The third kappa shape index (κ3) is 2.45. The van der Waals surface area contributed by atoms with Gasteiger partial charge in [0.1, 0.15) is 0 Å². The summed E-state index contributed by atoms with van der Waals surface area (Å²) in [5, 5.41) is 0. The molecule has 0 unspecified atom stereocenters. The van der Waals surface area contributed by atoms with Gasteiger partial charge in [-0.2, -0.15) is 0 Å². The van der Waals surface area contributed by atoms with Gasteiger partial charge >= 0.3 is 0 Å². The van der Waals surface area contributed by atoms with E-state index < -0.39 is 0 Å². The number of piperidine rings is 1. The van der Waals surface area contributed by atoms with E-state index in [1.807, 2.05) is 0 Å². The molecule has 1 heterocycles. The van der Waals surface area contributed by atoms with E-state index in [9.17, 15) is 0 Å². The number of nitrogens with two attached hydrogens (primary N) is 1. The average molecular weight is 218 g/mol. The second kappa shape index (κ2) is 4.98. The maximum atomic E-state index is 6.14. The predicted octanol–water partition coefficient (Wildman–Crippen LogP) is 2.39. The van der Waals surface area contributed by atoms with Crippen LogP contribution in [0.3, 0.4) is 0 Å². The van der Waals surface area contributed by atoms with Crippen LogP contribution in [0.15, 0.2) is 30.3 Å². The molecule has 0 spiro atoms. The fourth-order valence-corrected chi connectivity index (χ4v) is 2.58. The number of nitrogens with zero attached hydrogens (tertiary/aromatic N) is 1. The molecule has 0 amide bonds. The van der Waals surface area contributed by atoms with Gasteiger partial charge in [0.2, 0.25) is 0 Å². The Labute approximate surface area is 98.4 Å². The topological polar surface area (TPSA) is 29.3 Å². The molecule has 1 aliphatic heterocycles. The third-order valence-electron chi connectivity index (χ3n) is 3.83. The zero-order chi connectivity index (χ0) is 11.5. The first kappa shape index (κ1) is 11.6. The zero-order valence-electron chi connectivity index (χ0n) is 10.3. The van der Waals surface area contributed by atoms with Crippen LogP contribution in [0.25, 0.3) is 0 Å². The van der Waals surface area contributed by atoms with Crippen LogP contribution in [0, 0.1) is 0 Å². The molecule has 2 rings (SSSR count). The van der Waals surface area contributed by atoms with E-state index in [0.717, 1.165) is 13.0 Å². The molecular formula is C14H22N2. The molecule has 0 aliphatic carbocycles. The van der Waals surface area contributed by atoms with Crippen LogP contribution < -0.4 is 5.73 Å². The molecule has 1 saturated heterocycles. The van der Waals surface area contributed by atoms with E-state index in [1.54, 1.807) is 0 Å². The van der Waals surface area contributed by atoms with Crippen molar-refractivity contribution < 1.29 is 0 Å². The highest BCUT2D eigenvalue weighted by Gasteiger charge is 2.29. The van der Waals surface area contributed by atoms with Crippen LogP contribution >= 0.6 is 0 Å². The first-order valence-electron chi connectivity index (χ1n) is 6.23. The van der Waals surface area contributed by atoms with Gasteiger partial charge < -0.3 is 5.73 Å². The summed E-state index contributed by atoms with van der Waals surface area (Å²) >= 11 is 0. The number of hydrogen-bond acceptors (Lipinski definition) is 2. The Morgan fingerprint density at radius 2 is 1.88 bits per heavy atom. The van der Waals surface area contributed by atoms with Crippen molar-refractivity contribution in [3.05, 3.63) is 35.9 Å². The van der Waals surface area contributed by atoms with Crippen molar-refractivity contribution in [2.45, 2.75) is 51.4 Å². The number of benzene rings is 1. The molecule has 2 nitrogen and oxygen atoms in total. The Morgan fingerprint density at radius 1 is 1.19 bits per heavy atom. The van der Waals surface area contributed by atoms with E-state index in [-0.39, 0.29) is 0 Å². The first-order chi connectivity index (χ1) is 7.68. The second-order valence-corrected chi connectivity index (χ2v) is 4.99. The molecular weight excluding hydrogens is 196 g/mol. The maximum absolute atomic E-state index is 6.14. The average Bonchev–Trinajstić information content (AvgIpc) is 2.31. The lowest BCUT2D eigenvalue weighted by atomic mass is 9.92. The summed E-state index contributed by atoms with van der Waals surface area (Å²) in [4.78, 5) is 2.53. The molecule has 2 heteroatoms. The number of hydrogen-bond donors (Lipinski definition) is 1. The fraction of sp³-hybridized carbons (Fsp3) is 0.571. The smallest absolute Gasteiger partial charge is 0.0240 e. The van der Waals surface area contributed by atoms with Crippen molar-refractivity contribution in [3.63, 3.8) is 0 Å². The lowest BCUT2D eigenvalue weighted by Crippen LogP contribution is -2.53. The van der Waals surface area contributed by atoms with E-state index in [0.29, 0.717) is 18.1 Å². The highest BCUT2D eigenvalue weighted by Crippen LogP contribution is 2.23. The van der Waals surface area contributed by atoms with E-state index in [1.165, 1.54) is 12.0 Å². The number of likely N-dealkylation sites (tertiary alicyclic amines) is 1. The molecule has 16 heavy (non-hydrogen) atoms. The monoisotopic (exact) mass is 218 g/mol. The largest absolute Gasteiger partial charge is 0.326 e. The summed E-state index contributed by atoms with van der Waals surface area (Å²) < 4.78 is 0. The van der Waals surface area contributed by atoms with E-state index in [4.69, 9.17) is 5.73 Å². The van der Waals surface area contributed by atoms with Gasteiger partial charge in [-0.1, -0.05) is 30.3 Å². The van der Waals surface area contributed by atoms with Gasteiger partial charge in [0, 0.05) is 24.7 Å². The molecule has 0 saturated carbocycles. The Hall–Kier alpha value is -0.860. The van der Waals surface area contributed by atoms with E-state index >= 15 is 0 Å². The minimum atomic E-state index is 0.333. The summed E-state index contributed by atoms with van der Waals surface area (Å²) in [5.74, 6) is 0. The molecule has 2 N–H and O–H groups in total. The van der Waals surface area contributed by atoms with Crippen LogP contribution in [0.2, 0.25) is 0 Å². The molecule has 1 aliphatic rings. The van der Waals surface area contributed by atoms with Gasteiger partial charge in [0.15, 0.2) is 0 Å². The highest BCUT2D eigenvalue weighted by molar-refractivity contribution is 5.15. The standard InChI is InChI=1S/C14H22N2/c1-11-8-9-14(15)12(2)16(11)10-13-6-4-3-5-7-13/h3-7,11-12,14H,8-10,15H2,1-2H3/t11-,12-,14-/m0/s1. The molecule has 88 valence electrons. The van der Waals surface area contributed by atoms with Crippen LogP contribution in [0.4, 0.5) is 0 Å². The SMILES string of the molecule is C[C@H]1CC[C@H](N)[C@H](C)N1Cc1ccccc1. The molecule has 0 bridgehead atoms. The zero-order valence-corrected chi connectivity index (χ0v) is 10.3. The minimum absolute atomic E-state index is 0.333. The number of rotatable bonds is 2. The molecule has 1 fully saturated rings. The third-order valence-corrected chi connectivity index (χ3v) is 3.83. The molecule has 0 radical (unpaired) electrons. The van der Waals surface area contributed by atoms with Crippen molar-refractivity contribution in [1.82, 2.24) is 4.90 Å².